The molecule has 0 saturated carbocycles. The number of halogens is 2. The second-order valence-corrected chi connectivity index (χ2v) is 6.04. The molecule has 2 rings (SSSR count). The van der Waals surface area contributed by atoms with E-state index in [9.17, 15) is 0 Å². The fourth-order valence-electron chi connectivity index (χ4n) is 1.77. The molecule has 1 heterocycles. The maximum absolute atomic E-state index is 4.24. The van der Waals surface area contributed by atoms with Gasteiger partial charge in [-0.3, -0.25) is 4.68 Å². The lowest BCUT2D eigenvalue weighted by molar-refractivity contribution is 0.738. The SMILES string of the molecule is Cc1cc(Br)c(NCc2cnn(C)c2C)c(Br)c1. The van der Waals surface area contributed by atoms with Gasteiger partial charge in [-0.1, -0.05) is 0 Å². The van der Waals surface area contributed by atoms with Gasteiger partial charge in [0.2, 0.25) is 0 Å². The van der Waals surface area contributed by atoms with Crippen LogP contribution in [0, 0.1) is 13.8 Å². The number of nitrogens with one attached hydrogen (secondary N) is 1. The van der Waals surface area contributed by atoms with Crippen molar-refractivity contribution in [1.82, 2.24) is 9.78 Å². The van der Waals surface area contributed by atoms with Crippen molar-refractivity contribution in [1.29, 1.82) is 0 Å². The smallest absolute Gasteiger partial charge is 0.0631 e. The van der Waals surface area contributed by atoms with Gasteiger partial charge < -0.3 is 5.32 Å². The fourth-order valence-corrected chi connectivity index (χ4v) is 3.47. The van der Waals surface area contributed by atoms with E-state index in [1.54, 1.807) is 0 Å². The zero-order valence-corrected chi connectivity index (χ0v) is 13.8. The summed E-state index contributed by atoms with van der Waals surface area (Å²) in [5, 5.41) is 7.67. The highest BCUT2D eigenvalue weighted by atomic mass is 79.9. The van der Waals surface area contributed by atoms with Gasteiger partial charge in [-0.15, -0.1) is 0 Å². The number of hydrogen-bond acceptors (Lipinski definition) is 2. The molecule has 2 aromatic rings. The Morgan fingerprint density at radius 1 is 1.22 bits per heavy atom. The monoisotopic (exact) mass is 371 g/mol. The summed E-state index contributed by atoms with van der Waals surface area (Å²) >= 11 is 7.16. The van der Waals surface area contributed by atoms with Gasteiger partial charge in [0, 0.05) is 33.8 Å². The Bertz CT molecular complexity index is 553. The minimum atomic E-state index is 0.764. The molecule has 18 heavy (non-hydrogen) atoms. The summed E-state index contributed by atoms with van der Waals surface area (Å²) in [4.78, 5) is 0. The van der Waals surface area contributed by atoms with E-state index in [-0.39, 0.29) is 0 Å². The average Bonchev–Trinajstić information content (AvgIpc) is 2.59. The van der Waals surface area contributed by atoms with E-state index in [1.165, 1.54) is 16.8 Å². The lowest BCUT2D eigenvalue weighted by Gasteiger charge is -2.11. The van der Waals surface area contributed by atoms with E-state index in [2.05, 4.69) is 68.3 Å². The Balaban J connectivity index is 2.18. The summed E-state index contributed by atoms with van der Waals surface area (Å²) in [6.07, 6.45) is 1.90. The van der Waals surface area contributed by atoms with Crippen molar-refractivity contribution in [3.8, 4) is 0 Å². The molecular weight excluding hydrogens is 358 g/mol. The first kappa shape index (κ1) is 13.6. The van der Waals surface area contributed by atoms with Crippen LogP contribution in [0.15, 0.2) is 27.3 Å². The Morgan fingerprint density at radius 2 is 1.83 bits per heavy atom. The van der Waals surface area contributed by atoms with Gasteiger partial charge in [0.05, 0.1) is 11.9 Å². The van der Waals surface area contributed by atoms with Crippen LogP contribution in [0.4, 0.5) is 5.69 Å². The molecule has 0 amide bonds. The third-order valence-corrected chi connectivity index (χ3v) is 4.23. The molecule has 0 fully saturated rings. The lowest BCUT2D eigenvalue weighted by Crippen LogP contribution is -2.03. The third-order valence-electron chi connectivity index (χ3n) is 2.98. The van der Waals surface area contributed by atoms with Crippen molar-refractivity contribution in [3.63, 3.8) is 0 Å². The molecule has 1 aromatic heterocycles. The third kappa shape index (κ3) is 2.78. The number of rotatable bonds is 3. The minimum absolute atomic E-state index is 0.764. The normalized spacial score (nSPS) is 10.7. The van der Waals surface area contributed by atoms with Gasteiger partial charge in [-0.05, 0) is 63.4 Å². The maximum atomic E-state index is 4.24. The van der Waals surface area contributed by atoms with Crippen LogP contribution >= 0.6 is 31.9 Å². The first-order valence-electron chi connectivity index (χ1n) is 5.66. The fraction of sp³-hybridized carbons (Fsp3) is 0.308. The zero-order valence-electron chi connectivity index (χ0n) is 10.6. The molecule has 0 atom stereocenters. The van der Waals surface area contributed by atoms with Crippen molar-refractivity contribution >= 4 is 37.5 Å². The van der Waals surface area contributed by atoms with E-state index < -0.39 is 0 Å². The molecule has 0 aliphatic heterocycles. The number of hydrogen-bond donors (Lipinski definition) is 1. The standard InChI is InChI=1S/C13H15Br2N3/c1-8-4-11(14)13(12(15)5-8)16-6-10-7-17-18(3)9(10)2/h4-5,7,16H,6H2,1-3H3. The van der Waals surface area contributed by atoms with E-state index in [1.807, 2.05) is 17.9 Å². The van der Waals surface area contributed by atoms with E-state index >= 15 is 0 Å². The Labute approximate surface area is 124 Å². The van der Waals surface area contributed by atoms with Crippen LogP contribution in [-0.4, -0.2) is 9.78 Å². The second kappa shape index (κ2) is 5.45. The Morgan fingerprint density at radius 3 is 2.33 bits per heavy atom. The first-order chi connectivity index (χ1) is 8.49. The molecule has 1 aromatic carbocycles. The maximum Gasteiger partial charge on any atom is 0.0631 e. The molecule has 96 valence electrons. The minimum Gasteiger partial charge on any atom is -0.379 e. The molecule has 0 bridgehead atoms. The summed E-state index contributed by atoms with van der Waals surface area (Å²) in [5.74, 6) is 0. The van der Waals surface area contributed by atoms with Crippen molar-refractivity contribution in [2.24, 2.45) is 7.05 Å². The quantitative estimate of drug-likeness (QED) is 0.875. The van der Waals surface area contributed by atoms with Gasteiger partial charge in [-0.25, -0.2) is 0 Å². The van der Waals surface area contributed by atoms with Crippen molar-refractivity contribution in [2.45, 2.75) is 20.4 Å². The molecule has 0 aliphatic carbocycles. The number of anilines is 1. The molecule has 1 N–H and O–H groups in total. The molecule has 0 radical (unpaired) electrons. The summed E-state index contributed by atoms with van der Waals surface area (Å²) in [6.45, 7) is 4.91. The van der Waals surface area contributed by atoms with Crippen molar-refractivity contribution in [2.75, 3.05) is 5.32 Å². The first-order valence-corrected chi connectivity index (χ1v) is 7.24. The molecule has 0 aliphatic rings. The van der Waals surface area contributed by atoms with Crippen molar-refractivity contribution in [3.05, 3.63) is 44.1 Å². The zero-order chi connectivity index (χ0) is 13.3. The van der Waals surface area contributed by atoms with Gasteiger partial charge in [0.1, 0.15) is 0 Å². The predicted octanol–water partition coefficient (Wildman–Crippen LogP) is 4.17. The van der Waals surface area contributed by atoms with Gasteiger partial charge in [0.15, 0.2) is 0 Å². The Kier molecular flexibility index (Phi) is 4.12. The van der Waals surface area contributed by atoms with E-state index in [4.69, 9.17) is 0 Å². The van der Waals surface area contributed by atoms with Gasteiger partial charge in [-0.2, -0.15) is 5.10 Å². The lowest BCUT2D eigenvalue weighted by atomic mass is 10.2. The topological polar surface area (TPSA) is 29.9 Å². The van der Waals surface area contributed by atoms with Gasteiger partial charge >= 0.3 is 0 Å². The summed E-state index contributed by atoms with van der Waals surface area (Å²) in [5.41, 5.74) is 4.68. The average molecular weight is 373 g/mol. The molecule has 0 spiro atoms. The molecule has 3 nitrogen and oxygen atoms in total. The van der Waals surface area contributed by atoms with Crippen LogP contribution in [0.25, 0.3) is 0 Å². The highest BCUT2D eigenvalue weighted by molar-refractivity contribution is 9.11. The number of nitrogens with zero attached hydrogens (tertiary/aromatic N) is 2. The summed E-state index contributed by atoms with van der Waals surface area (Å²) in [6, 6.07) is 4.20. The van der Waals surface area contributed by atoms with Crippen LogP contribution < -0.4 is 5.32 Å². The highest BCUT2D eigenvalue weighted by Crippen LogP contribution is 2.32. The Hall–Kier alpha value is -0.810. The number of aromatic nitrogens is 2. The predicted molar refractivity (Wildman–Crippen MR) is 81.9 cm³/mol. The molecular formula is C13H15Br2N3. The van der Waals surface area contributed by atoms with E-state index in [0.29, 0.717) is 0 Å². The largest absolute Gasteiger partial charge is 0.379 e. The van der Waals surface area contributed by atoms with Crippen molar-refractivity contribution < 1.29 is 0 Å². The van der Waals surface area contributed by atoms with Crippen LogP contribution in [0.5, 0.6) is 0 Å². The van der Waals surface area contributed by atoms with Gasteiger partial charge in [0.25, 0.3) is 0 Å². The summed E-state index contributed by atoms with van der Waals surface area (Å²) < 4.78 is 4.02. The number of benzene rings is 1. The highest BCUT2D eigenvalue weighted by Gasteiger charge is 2.08. The molecule has 0 unspecified atom stereocenters. The summed E-state index contributed by atoms with van der Waals surface area (Å²) in [7, 11) is 1.95. The van der Waals surface area contributed by atoms with E-state index in [0.717, 1.165) is 21.2 Å². The van der Waals surface area contributed by atoms with Crippen LogP contribution in [0.2, 0.25) is 0 Å². The van der Waals surface area contributed by atoms with Crippen LogP contribution in [0.1, 0.15) is 16.8 Å². The molecule has 5 heteroatoms. The van der Waals surface area contributed by atoms with Crippen LogP contribution in [-0.2, 0) is 13.6 Å². The second-order valence-electron chi connectivity index (χ2n) is 4.34. The van der Waals surface area contributed by atoms with Crippen LogP contribution in [0.3, 0.4) is 0 Å². The molecule has 0 saturated heterocycles. The number of aryl methyl sites for hydroxylation is 2.